The second kappa shape index (κ2) is 4.25. The molecule has 2 aliphatic rings. The van der Waals surface area contributed by atoms with Gasteiger partial charge in [-0.1, -0.05) is 17.7 Å². The largest absolute Gasteiger partial charge is 0.327 e. The lowest BCUT2D eigenvalue weighted by molar-refractivity contribution is 0.392. The van der Waals surface area contributed by atoms with Gasteiger partial charge in [-0.15, -0.1) is 0 Å². The maximum Gasteiger partial charge on any atom is 0.141 e. The first-order valence-corrected chi connectivity index (χ1v) is 6.71. The molecule has 0 aliphatic heterocycles. The van der Waals surface area contributed by atoms with Crippen LogP contribution in [0.15, 0.2) is 18.2 Å². The van der Waals surface area contributed by atoms with E-state index < -0.39 is 0 Å². The van der Waals surface area contributed by atoms with Gasteiger partial charge in [0, 0.05) is 6.04 Å². The average molecular weight is 254 g/mol. The van der Waals surface area contributed by atoms with Crippen LogP contribution >= 0.6 is 11.6 Å². The molecule has 3 unspecified atom stereocenters. The van der Waals surface area contributed by atoms with Crippen molar-refractivity contribution < 1.29 is 4.39 Å². The lowest BCUT2D eigenvalue weighted by atomic mass is 9.90. The minimum Gasteiger partial charge on any atom is -0.327 e. The zero-order valence-electron chi connectivity index (χ0n) is 9.70. The quantitative estimate of drug-likeness (QED) is 0.878. The summed E-state index contributed by atoms with van der Waals surface area (Å²) < 4.78 is 13.0. The van der Waals surface area contributed by atoms with Gasteiger partial charge in [0.2, 0.25) is 0 Å². The van der Waals surface area contributed by atoms with E-state index in [2.05, 4.69) is 0 Å². The Kier molecular flexibility index (Phi) is 2.87. The lowest BCUT2D eigenvalue weighted by Gasteiger charge is -2.20. The standard InChI is InChI=1S/C14H17ClFN/c15-12-3-8(1-2-13(12)16)4-14(17)11-6-9-5-10(9)7-11/h1-3,9-11,14H,4-7,17H2. The minimum absolute atomic E-state index is 0.198. The minimum atomic E-state index is -0.355. The fourth-order valence-electron chi connectivity index (χ4n) is 3.22. The highest BCUT2D eigenvalue weighted by molar-refractivity contribution is 6.30. The van der Waals surface area contributed by atoms with Crippen LogP contribution in [-0.4, -0.2) is 6.04 Å². The van der Waals surface area contributed by atoms with E-state index in [-0.39, 0.29) is 16.9 Å². The molecular formula is C14H17ClFN. The van der Waals surface area contributed by atoms with Gasteiger partial charge in [-0.2, -0.15) is 0 Å². The molecule has 17 heavy (non-hydrogen) atoms. The molecule has 0 spiro atoms. The van der Waals surface area contributed by atoms with Crippen LogP contribution in [0, 0.1) is 23.6 Å². The van der Waals surface area contributed by atoms with E-state index >= 15 is 0 Å². The van der Waals surface area contributed by atoms with Crippen LogP contribution < -0.4 is 5.73 Å². The van der Waals surface area contributed by atoms with E-state index in [0.29, 0.717) is 5.92 Å². The van der Waals surface area contributed by atoms with Gasteiger partial charge in [-0.05, 0) is 61.1 Å². The van der Waals surface area contributed by atoms with Crippen molar-refractivity contribution in [3.63, 3.8) is 0 Å². The predicted molar refractivity (Wildman–Crippen MR) is 67.4 cm³/mol. The van der Waals surface area contributed by atoms with Crippen molar-refractivity contribution in [3.05, 3.63) is 34.6 Å². The summed E-state index contributed by atoms with van der Waals surface area (Å²) in [5, 5.41) is 0.198. The summed E-state index contributed by atoms with van der Waals surface area (Å²) in [6, 6.07) is 5.11. The predicted octanol–water partition coefficient (Wildman–Crippen LogP) is 3.40. The Morgan fingerprint density at radius 2 is 2.00 bits per heavy atom. The molecule has 92 valence electrons. The Hall–Kier alpha value is -0.600. The first-order chi connectivity index (χ1) is 8.13. The van der Waals surface area contributed by atoms with Crippen molar-refractivity contribution in [3.8, 4) is 0 Å². The summed E-state index contributed by atoms with van der Waals surface area (Å²) in [5.74, 6) is 2.22. The highest BCUT2D eigenvalue weighted by Gasteiger charge is 2.47. The van der Waals surface area contributed by atoms with Gasteiger partial charge < -0.3 is 5.73 Å². The summed E-state index contributed by atoms with van der Waals surface area (Å²) in [4.78, 5) is 0. The van der Waals surface area contributed by atoms with E-state index in [4.69, 9.17) is 17.3 Å². The van der Waals surface area contributed by atoms with E-state index in [9.17, 15) is 4.39 Å². The second-order valence-electron chi connectivity index (χ2n) is 5.60. The van der Waals surface area contributed by atoms with Crippen molar-refractivity contribution in [1.82, 2.24) is 0 Å². The van der Waals surface area contributed by atoms with Gasteiger partial charge in [-0.3, -0.25) is 0 Å². The van der Waals surface area contributed by atoms with E-state index in [1.165, 1.54) is 25.3 Å². The van der Waals surface area contributed by atoms with Gasteiger partial charge in [0.1, 0.15) is 5.82 Å². The molecule has 2 N–H and O–H groups in total. The fraction of sp³-hybridized carbons (Fsp3) is 0.571. The molecule has 1 nitrogen and oxygen atoms in total. The first kappa shape index (κ1) is 11.5. The van der Waals surface area contributed by atoms with E-state index in [1.54, 1.807) is 12.1 Å². The van der Waals surface area contributed by atoms with Crippen molar-refractivity contribution in [2.45, 2.75) is 31.7 Å². The molecule has 0 saturated heterocycles. The molecule has 2 saturated carbocycles. The van der Waals surface area contributed by atoms with Crippen LogP contribution in [0.1, 0.15) is 24.8 Å². The fourth-order valence-corrected chi connectivity index (χ4v) is 3.42. The number of benzene rings is 1. The second-order valence-corrected chi connectivity index (χ2v) is 6.01. The molecule has 0 bridgehead atoms. The van der Waals surface area contributed by atoms with Crippen LogP contribution in [0.2, 0.25) is 5.02 Å². The monoisotopic (exact) mass is 253 g/mol. The Labute approximate surface area is 106 Å². The Balaban J connectivity index is 1.63. The smallest absolute Gasteiger partial charge is 0.141 e. The maximum absolute atomic E-state index is 13.0. The Bertz CT molecular complexity index is 424. The molecule has 0 aromatic heterocycles. The van der Waals surface area contributed by atoms with Gasteiger partial charge in [0.15, 0.2) is 0 Å². The summed E-state index contributed by atoms with van der Waals surface area (Å²) in [6.45, 7) is 0. The highest BCUT2D eigenvalue weighted by Crippen LogP contribution is 2.55. The summed E-state index contributed by atoms with van der Waals surface area (Å²) in [7, 11) is 0. The summed E-state index contributed by atoms with van der Waals surface area (Å²) in [6.07, 6.45) is 4.82. The molecule has 3 atom stereocenters. The molecule has 0 amide bonds. The molecule has 0 radical (unpaired) electrons. The van der Waals surface area contributed by atoms with Crippen molar-refractivity contribution >= 4 is 11.6 Å². The molecule has 2 fully saturated rings. The number of hydrogen-bond acceptors (Lipinski definition) is 1. The lowest BCUT2D eigenvalue weighted by Crippen LogP contribution is -2.31. The van der Waals surface area contributed by atoms with Crippen LogP contribution in [0.5, 0.6) is 0 Å². The van der Waals surface area contributed by atoms with E-state index in [1.807, 2.05) is 0 Å². The van der Waals surface area contributed by atoms with Crippen molar-refractivity contribution in [2.75, 3.05) is 0 Å². The average Bonchev–Trinajstić information content (AvgIpc) is 2.91. The molecule has 0 heterocycles. The third-order valence-corrected chi connectivity index (χ3v) is 4.63. The highest BCUT2D eigenvalue weighted by atomic mass is 35.5. The molecular weight excluding hydrogens is 237 g/mol. The van der Waals surface area contributed by atoms with Crippen LogP contribution in [0.4, 0.5) is 4.39 Å². The van der Waals surface area contributed by atoms with Gasteiger partial charge in [-0.25, -0.2) is 4.39 Å². The van der Waals surface area contributed by atoms with Gasteiger partial charge in [0.25, 0.3) is 0 Å². The van der Waals surface area contributed by atoms with Gasteiger partial charge >= 0.3 is 0 Å². The summed E-state index contributed by atoms with van der Waals surface area (Å²) in [5.41, 5.74) is 7.29. The zero-order chi connectivity index (χ0) is 12.0. The first-order valence-electron chi connectivity index (χ1n) is 6.33. The summed E-state index contributed by atoms with van der Waals surface area (Å²) >= 11 is 5.77. The SMILES string of the molecule is NC(Cc1ccc(F)c(Cl)c1)C1CC2CC2C1. The van der Waals surface area contributed by atoms with Crippen LogP contribution in [-0.2, 0) is 6.42 Å². The number of rotatable bonds is 3. The van der Waals surface area contributed by atoms with Gasteiger partial charge in [0.05, 0.1) is 5.02 Å². The number of halogens is 2. The number of hydrogen-bond donors (Lipinski definition) is 1. The Morgan fingerprint density at radius 1 is 1.29 bits per heavy atom. The Morgan fingerprint density at radius 3 is 2.65 bits per heavy atom. The maximum atomic E-state index is 13.0. The molecule has 2 aliphatic carbocycles. The van der Waals surface area contributed by atoms with Crippen LogP contribution in [0.3, 0.4) is 0 Å². The molecule has 1 aromatic carbocycles. The number of nitrogens with two attached hydrogens (primary N) is 1. The molecule has 3 rings (SSSR count). The van der Waals surface area contributed by atoms with Crippen LogP contribution in [0.25, 0.3) is 0 Å². The van der Waals surface area contributed by atoms with Crippen molar-refractivity contribution in [2.24, 2.45) is 23.5 Å². The third kappa shape index (κ3) is 2.34. The number of fused-ring (bicyclic) bond motifs is 1. The van der Waals surface area contributed by atoms with E-state index in [0.717, 1.165) is 23.8 Å². The molecule has 3 heteroatoms. The normalized spacial score (nSPS) is 32.3. The molecule has 1 aromatic rings. The third-order valence-electron chi connectivity index (χ3n) is 4.34. The topological polar surface area (TPSA) is 26.0 Å². The zero-order valence-corrected chi connectivity index (χ0v) is 10.5. The van der Waals surface area contributed by atoms with Crippen molar-refractivity contribution in [1.29, 1.82) is 0 Å².